The van der Waals surface area contributed by atoms with Crippen LogP contribution >= 0.6 is 23.2 Å². The number of nitrogens with one attached hydrogen (secondary N) is 1. The van der Waals surface area contributed by atoms with Gasteiger partial charge in [-0.1, -0.05) is 29.3 Å². The number of para-hydroxylation sites is 1. The highest BCUT2D eigenvalue weighted by Gasteiger charge is 2.25. The van der Waals surface area contributed by atoms with Crippen LogP contribution in [0.15, 0.2) is 54.7 Å². The molecular weight excluding hydrogens is 383 g/mol. The number of aromatic nitrogens is 3. The number of pyridine rings is 1. The molecule has 27 heavy (non-hydrogen) atoms. The van der Waals surface area contributed by atoms with E-state index in [1.165, 1.54) is 0 Å². The Morgan fingerprint density at radius 3 is 2.89 bits per heavy atom. The summed E-state index contributed by atoms with van der Waals surface area (Å²) in [6.07, 6.45) is 1.74. The molecule has 0 saturated heterocycles. The molecule has 2 aromatic heterocycles. The molecule has 7 heteroatoms. The van der Waals surface area contributed by atoms with Crippen molar-refractivity contribution >= 4 is 45.7 Å². The van der Waals surface area contributed by atoms with Crippen molar-refractivity contribution in [3.63, 3.8) is 0 Å². The van der Waals surface area contributed by atoms with Crippen molar-refractivity contribution in [1.82, 2.24) is 15.0 Å². The molecule has 0 spiro atoms. The summed E-state index contributed by atoms with van der Waals surface area (Å²) in [5.41, 5.74) is 3.54. The summed E-state index contributed by atoms with van der Waals surface area (Å²) in [4.78, 5) is 14.5. The van der Waals surface area contributed by atoms with Gasteiger partial charge in [-0.05, 0) is 42.5 Å². The molecule has 5 rings (SSSR count). The molecular formula is C20H14Cl2N4O. The number of hydrogen-bond donors (Lipinski definition) is 1. The minimum Gasteiger partial charge on any atom is -0.489 e. The Balaban J connectivity index is 1.65. The Morgan fingerprint density at radius 1 is 1.07 bits per heavy atom. The van der Waals surface area contributed by atoms with Crippen molar-refractivity contribution in [3.05, 3.63) is 64.8 Å². The summed E-state index contributed by atoms with van der Waals surface area (Å²) in [5.74, 6) is 2.21. The largest absolute Gasteiger partial charge is 0.489 e. The Kier molecular flexibility index (Phi) is 3.92. The highest BCUT2D eigenvalue weighted by molar-refractivity contribution is 6.33. The van der Waals surface area contributed by atoms with Gasteiger partial charge in [0.25, 0.3) is 0 Å². The average molecular weight is 397 g/mol. The molecule has 1 aliphatic heterocycles. The molecule has 3 heterocycles. The molecule has 0 saturated carbocycles. The van der Waals surface area contributed by atoms with E-state index in [4.69, 9.17) is 32.9 Å². The van der Waals surface area contributed by atoms with E-state index in [1.807, 2.05) is 48.5 Å². The normalized spacial score (nSPS) is 13.5. The highest BCUT2D eigenvalue weighted by atomic mass is 35.5. The maximum absolute atomic E-state index is 6.37. The van der Waals surface area contributed by atoms with Crippen molar-refractivity contribution in [2.75, 3.05) is 18.1 Å². The lowest BCUT2D eigenvalue weighted by atomic mass is 10.1. The van der Waals surface area contributed by atoms with Gasteiger partial charge in [0, 0.05) is 11.2 Å². The molecule has 0 bridgehead atoms. The SMILES string of the molecule is Clc1ccc2nc(-c3cccc4c3OCCN4c3ncccc3Cl)[nH]c2c1. The molecule has 0 fully saturated rings. The van der Waals surface area contributed by atoms with Gasteiger partial charge in [0.05, 0.1) is 33.9 Å². The third-order valence-electron chi connectivity index (χ3n) is 4.54. The Bertz CT molecular complexity index is 1160. The molecule has 0 aliphatic carbocycles. The van der Waals surface area contributed by atoms with Gasteiger partial charge in [0.2, 0.25) is 0 Å². The van der Waals surface area contributed by atoms with Crippen LogP contribution in [0.3, 0.4) is 0 Å². The molecule has 0 unspecified atom stereocenters. The number of fused-ring (bicyclic) bond motifs is 2. The van der Waals surface area contributed by atoms with Crippen LogP contribution < -0.4 is 9.64 Å². The fourth-order valence-electron chi connectivity index (χ4n) is 3.34. The van der Waals surface area contributed by atoms with Gasteiger partial charge < -0.3 is 14.6 Å². The fraction of sp³-hybridized carbons (Fsp3) is 0.100. The Morgan fingerprint density at radius 2 is 2.00 bits per heavy atom. The van der Waals surface area contributed by atoms with E-state index in [0.29, 0.717) is 23.2 Å². The molecule has 1 aliphatic rings. The van der Waals surface area contributed by atoms with Crippen molar-refractivity contribution in [3.8, 4) is 17.1 Å². The lowest BCUT2D eigenvalue weighted by molar-refractivity contribution is 0.315. The van der Waals surface area contributed by atoms with Crippen LogP contribution in [0.2, 0.25) is 10.0 Å². The van der Waals surface area contributed by atoms with E-state index in [9.17, 15) is 0 Å². The van der Waals surface area contributed by atoms with Gasteiger partial charge in [0.15, 0.2) is 11.6 Å². The number of ether oxygens (including phenoxy) is 1. The van der Waals surface area contributed by atoms with Gasteiger partial charge >= 0.3 is 0 Å². The number of anilines is 2. The van der Waals surface area contributed by atoms with Crippen molar-refractivity contribution in [1.29, 1.82) is 0 Å². The third-order valence-corrected chi connectivity index (χ3v) is 5.07. The van der Waals surface area contributed by atoms with Crippen LogP contribution in [-0.2, 0) is 0 Å². The minimum absolute atomic E-state index is 0.531. The van der Waals surface area contributed by atoms with Crippen LogP contribution in [0.1, 0.15) is 0 Å². The number of nitrogens with zero attached hydrogens (tertiary/aromatic N) is 3. The predicted octanol–water partition coefficient (Wildman–Crippen LogP) is 5.46. The zero-order chi connectivity index (χ0) is 18.4. The van der Waals surface area contributed by atoms with Crippen molar-refractivity contribution in [2.45, 2.75) is 0 Å². The van der Waals surface area contributed by atoms with Crippen LogP contribution in [0.5, 0.6) is 5.75 Å². The fourth-order valence-corrected chi connectivity index (χ4v) is 3.74. The maximum Gasteiger partial charge on any atom is 0.154 e. The lowest BCUT2D eigenvalue weighted by Crippen LogP contribution is -2.29. The number of imidazole rings is 1. The van der Waals surface area contributed by atoms with E-state index in [0.717, 1.165) is 39.7 Å². The number of hydrogen-bond acceptors (Lipinski definition) is 4. The second-order valence-corrected chi connectivity index (χ2v) is 7.05. The van der Waals surface area contributed by atoms with Gasteiger partial charge in [-0.3, -0.25) is 0 Å². The molecule has 134 valence electrons. The van der Waals surface area contributed by atoms with Crippen molar-refractivity contribution in [2.24, 2.45) is 0 Å². The van der Waals surface area contributed by atoms with Gasteiger partial charge in [-0.25, -0.2) is 9.97 Å². The van der Waals surface area contributed by atoms with Crippen LogP contribution in [0.25, 0.3) is 22.4 Å². The molecule has 0 amide bonds. The summed E-state index contributed by atoms with van der Waals surface area (Å²) in [5, 5.41) is 1.27. The predicted molar refractivity (Wildman–Crippen MR) is 108 cm³/mol. The second kappa shape index (κ2) is 6.44. The van der Waals surface area contributed by atoms with E-state index in [-0.39, 0.29) is 0 Å². The minimum atomic E-state index is 0.531. The monoisotopic (exact) mass is 396 g/mol. The average Bonchev–Trinajstić information content (AvgIpc) is 3.10. The summed E-state index contributed by atoms with van der Waals surface area (Å²) >= 11 is 12.5. The number of H-pyrrole nitrogens is 1. The quantitative estimate of drug-likeness (QED) is 0.488. The molecule has 5 nitrogen and oxygen atoms in total. The summed E-state index contributed by atoms with van der Waals surface area (Å²) in [6, 6.07) is 15.2. The lowest BCUT2D eigenvalue weighted by Gasteiger charge is -2.31. The van der Waals surface area contributed by atoms with Crippen LogP contribution in [0.4, 0.5) is 11.5 Å². The highest BCUT2D eigenvalue weighted by Crippen LogP contribution is 2.43. The Hall–Kier alpha value is -2.76. The standard InChI is InChI=1S/C20H14Cl2N4O/c21-12-6-7-15-16(11-12)25-19(24-15)13-3-1-5-17-18(13)27-10-9-26(17)20-14(22)4-2-8-23-20/h1-8,11H,9-10H2,(H,24,25). The molecule has 1 N–H and O–H groups in total. The van der Waals surface area contributed by atoms with Crippen LogP contribution in [-0.4, -0.2) is 28.1 Å². The smallest absolute Gasteiger partial charge is 0.154 e. The van der Waals surface area contributed by atoms with Gasteiger partial charge in [-0.2, -0.15) is 0 Å². The summed E-state index contributed by atoms with van der Waals surface area (Å²) in [6.45, 7) is 1.20. The number of halogens is 2. The topological polar surface area (TPSA) is 54.0 Å². The van der Waals surface area contributed by atoms with E-state index in [1.54, 1.807) is 6.20 Å². The zero-order valence-electron chi connectivity index (χ0n) is 14.1. The van der Waals surface area contributed by atoms with Gasteiger partial charge in [-0.15, -0.1) is 0 Å². The third kappa shape index (κ3) is 2.80. The van der Waals surface area contributed by atoms with Crippen molar-refractivity contribution < 1.29 is 4.74 Å². The number of rotatable bonds is 2. The first kappa shape index (κ1) is 16.4. The second-order valence-electron chi connectivity index (χ2n) is 6.21. The maximum atomic E-state index is 6.37. The molecule has 0 atom stereocenters. The molecule has 2 aromatic carbocycles. The van der Waals surface area contributed by atoms with E-state index >= 15 is 0 Å². The van der Waals surface area contributed by atoms with Gasteiger partial charge in [0.1, 0.15) is 12.4 Å². The first-order chi connectivity index (χ1) is 13.2. The Labute approximate surface area is 165 Å². The zero-order valence-corrected chi connectivity index (χ0v) is 15.6. The molecule has 4 aromatic rings. The summed E-state index contributed by atoms with van der Waals surface area (Å²) < 4.78 is 6.02. The number of aromatic amines is 1. The van der Waals surface area contributed by atoms with E-state index in [2.05, 4.69) is 14.9 Å². The number of benzene rings is 2. The summed E-state index contributed by atoms with van der Waals surface area (Å²) in [7, 11) is 0. The first-order valence-corrected chi connectivity index (χ1v) is 9.26. The van der Waals surface area contributed by atoms with E-state index < -0.39 is 0 Å². The van der Waals surface area contributed by atoms with Crippen LogP contribution in [0, 0.1) is 0 Å². The first-order valence-electron chi connectivity index (χ1n) is 8.50. The molecule has 0 radical (unpaired) electrons.